The number of hydrogen-bond acceptors (Lipinski definition) is 3. The van der Waals surface area contributed by atoms with Crippen LogP contribution in [-0.4, -0.2) is 30.2 Å². The number of benzene rings is 1. The molecule has 2 amide bonds. The van der Waals surface area contributed by atoms with Crippen LogP contribution in [0.5, 0.6) is 0 Å². The molecule has 1 aromatic carbocycles. The quantitative estimate of drug-likeness (QED) is 0.681. The van der Waals surface area contributed by atoms with Gasteiger partial charge in [0.1, 0.15) is 11.3 Å². The van der Waals surface area contributed by atoms with Crippen LogP contribution in [0.2, 0.25) is 0 Å². The van der Waals surface area contributed by atoms with Crippen LogP contribution in [0.4, 0.5) is 4.79 Å². The molecule has 1 aromatic heterocycles. The zero-order valence-electron chi connectivity index (χ0n) is 11.6. The summed E-state index contributed by atoms with van der Waals surface area (Å²) in [6.07, 6.45) is 1.09. The molecule has 0 aliphatic rings. The third-order valence-electron chi connectivity index (χ3n) is 2.99. The van der Waals surface area contributed by atoms with E-state index in [1.807, 2.05) is 30.3 Å². The van der Waals surface area contributed by atoms with E-state index in [4.69, 9.17) is 9.52 Å². The Morgan fingerprint density at radius 3 is 2.67 bits per heavy atom. The normalized spacial score (nSPS) is 10.5. The molecule has 2 rings (SSSR count). The Balaban J connectivity index is 1.66. The molecular weight excluding hydrogens is 272 g/mol. The molecule has 0 fully saturated rings. The van der Waals surface area contributed by atoms with Crippen molar-refractivity contribution in [2.45, 2.75) is 19.3 Å². The predicted octanol–water partition coefficient (Wildman–Crippen LogP) is 2.14. The Hall–Kier alpha value is -2.50. The van der Waals surface area contributed by atoms with Crippen molar-refractivity contribution >= 4 is 23.0 Å². The van der Waals surface area contributed by atoms with Crippen LogP contribution < -0.4 is 10.6 Å². The Morgan fingerprint density at radius 2 is 1.90 bits per heavy atom. The molecule has 0 saturated carbocycles. The number of nitrogens with one attached hydrogen (secondary N) is 2. The fourth-order valence-electron chi connectivity index (χ4n) is 1.96. The summed E-state index contributed by atoms with van der Waals surface area (Å²) in [4.78, 5) is 21.8. The van der Waals surface area contributed by atoms with E-state index in [1.165, 1.54) is 0 Å². The van der Waals surface area contributed by atoms with E-state index in [0.29, 0.717) is 25.9 Å². The summed E-state index contributed by atoms with van der Waals surface area (Å²) in [5.74, 6) is -0.0375. The second-order valence-corrected chi connectivity index (χ2v) is 4.68. The SMILES string of the molecule is O=C(O)CCCNC(=O)NCCc1cc2ccccc2o1. The summed E-state index contributed by atoms with van der Waals surface area (Å²) >= 11 is 0. The lowest BCUT2D eigenvalue weighted by molar-refractivity contribution is -0.137. The van der Waals surface area contributed by atoms with Gasteiger partial charge >= 0.3 is 12.0 Å². The van der Waals surface area contributed by atoms with Crippen LogP contribution in [0, 0.1) is 0 Å². The van der Waals surface area contributed by atoms with Crippen molar-refractivity contribution in [1.29, 1.82) is 0 Å². The topological polar surface area (TPSA) is 91.6 Å². The Bertz CT molecular complexity index is 588. The molecular formula is C15H18N2O4. The van der Waals surface area contributed by atoms with Gasteiger partial charge in [0.15, 0.2) is 0 Å². The van der Waals surface area contributed by atoms with Crippen LogP contribution in [0.25, 0.3) is 11.0 Å². The zero-order valence-corrected chi connectivity index (χ0v) is 11.6. The number of fused-ring (bicyclic) bond motifs is 1. The number of hydrogen-bond donors (Lipinski definition) is 3. The van der Waals surface area contributed by atoms with E-state index >= 15 is 0 Å². The van der Waals surface area contributed by atoms with Gasteiger partial charge in [-0.2, -0.15) is 0 Å². The third-order valence-corrected chi connectivity index (χ3v) is 2.99. The molecule has 112 valence electrons. The van der Waals surface area contributed by atoms with Crippen molar-refractivity contribution in [3.63, 3.8) is 0 Å². The third kappa shape index (κ3) is 4.83. The number of carbonyl (C=O) groups is 2. The van der Waals surface area contributed by atoms with Gasteiger partial charge in [-0.05, 0) is 18.6 Å². The fraction of sp³-hybridized carbons (Fsp3) is 0.333. The first-order chi connectivity index (χ1) is 10.1. The second kappa shape index (κ2) is 7.33. The van der Waals surface area contributed by atoms with Crippen LogP contribution in [0.15, 0.2) is 34.7 Å². The largest absolute Gasteiger partial charge is 0.481 e. The highest BCUT2D eigenvalue weighted by molar-refractivity contribution is 5.77. The second-order valence-electron chi connectivity index (χ2n) is 4.68. The van der Waals surface area contributed by atoms with E-state index in [2.05, 4.69) is 10.6 Å². The highest BCUT2D eigenvalue weighted by Gasteiger charge is 2.04. The maximum absolute atomic E-state index is 11.4. The standard InChI is InChI=1S/C15H18N2O4/c18-14(19)6-3-8-16-15(20)17-9-7-12-10-11-4-1-2-5-13(11)21-12/h1-2,4-5,10H,3,6-9H2,(H,18,19)(H2,16,17,20). The molecule has 6 heteroatoms. The highest BCUT2D eigenvalue weighted by atomic mass is 16.4. The number of carboxylic acid groups (broad SMARTS) is 1. The summed E-state index contributed by atoms with van der Waals surface area (Å²) in [6.45, 7) is 0.813. The van der Waals surface area contributed by atoms with Crippen LogP contribution >= 0.6 is 0 Å². The molecule has 21 heavy (non-hydrogen) atoms. The molecule has 0 radical (unpaired) electrons. The van der Waals surface area contributed by atoms with Gasteiger partial charge < -0.3 is 20.2 Å². The Kier molecular flexibility index (Phi) is 5.20. The number of amides is 2. The first-order valence-electron chi connectivity index (χ1n) is 6.86. The number of furan rings is 1. The minimum Gasteiger partial charge on any atom is -0.481 e. The van der Waals surface area contributed by atoms with Gasteiger partial charge in [-0.25, -0.2) is 4.79 Å². The van der Waals surface area contributed by atoms with Gasteiger partial charge in [-0.15, -0.1) is 0 Å². The summed E-state index contributed by atoms with van der Waals surface area (Å²) in [7, 11) is 0. The molecule has 2 aromatic rings. The summed E-state index contributed by atoms with van der Waals surface area (Å²) in [6, 6.07) is 9.41. The summed E-state index contributed by atoms with van der Waals surface area (Å²) in [5, 5.41) is 14.8. The molecule has 6 nitrogen and oxygen atoms in total. The van der Waals surface area contributed by atoms with Gasteiger partial charge in [0, 0.05) is 31.3 Å². The van der Waals surface area contributed by atoms with Crippen LogP contribution in [0.3, 0.4) is 0 Å². The maximum Gasteiger partial charge on any atom is 0.314 e. The average molecular weight is 290 g/mol. The van der Waals surface area contributed by atoms with Crippen LogP contribution in [-0.2, 0) is 11.2 Å². The molecule has 0 unspecified atom stereocenters. The lowest BCUT2D eigenvalue weighted by atomic mass is 10.2. The van der Waals surface area contributed by atoms with Crippen LogP contribution in [0.1, 0.15) is 18.6 Å². The molecule has 0 atom stereocenters. The van der Waals surface area contributed by atoms with Crippen molar-refractivity contribution < 1.29 is 19.1 Å². The maximum atomic E-state index is 11.4. The minimum absolute atomic E-state index is 0.0548. The average Bonchev–Trinajstić information content (AvgIpc) is 2.86. The van der Waals surface area contributed by atoms with Gasteiger partial charge in [0.25, 0.3) is 0 Å². The van der Waals surface area contributed by atoms with Crippen molar-refractivity contribution in [3.8, 4) is 0 Å². The number of para-hydroxylation sites is 1. The molecule has 1 heterocycles. The summed E-state index contributed by atoms with van der Waals surface area (Å²) in [5.41, 5.74) is 0.839. The first-order valence-corrected chi connectivity index (χ1v) is 6.86. The number of aliphatic carboxylic acids is 1. The number of urea groups is 1. The highest BCUT2D eigenvalue weighted by Crippen LogP contribution is 2.18. The molecule has 0 saturated heterocycles. The van der Waals surface area contributed by atoms with Crippen molar-refractivity contribution in [2.24, 2.45) is 0 Å². The monoisotopic (exact) mass is 290 g/mol. The van der Waals surface area contributed by atoms with Gasteiger partial charge in [0.05, 0.1) is 0 Å². The number of rotatable bonds is 7. The Labute approximate surface area is 122 Å². The van der Waals surface area contributed by atoms with Gasteiger partial charge in [-0.3, -0.25) is 4.79 Å². The number of carboxylic acids is 1. The van der Waals surface area contributed by atoms with E-state index in [-0.39, 0.29) is 12.5 Å². The van der Waals surface area contributed by atoms with Crippen molar-refractivity contribution in [3.05, 3.63) is 36.1 Å². The van der Waals surface area contributed by atoms with E-state index in [9.17, 15) is 9.59 Å². The lowest BCUT2D eigenvalue weighted by Gasteiger charge is -2.05. The smallest absolute Gasteiger partial charge is 0.314 e. The van der Waals surface area contributed by atoms with E-state index in [0.717, 1.165) is 16.7 Å². The molecule has 0 bridgehead atoms. The van der Waals surface area contributed by atoms with E-state index < -0.39 is 5.97 Å². The zero-order chi connectivity index (χ0) is 15.1. The Morgan fingerprint density at radius 1 is 1.14 bits per heavy atom. The summed E-state index contributed by atoms with van der Waals surface area (Å²) < 4.78 is 5.64. The van der Waals surface area contributed by atoms with Crippen molar-refractivity contribution in [2.75, 3.05) is 13.1 Å². The van der Waals surface area contributed by atoms with E-state index in [1.54, 1.807) is 0 Å². The molecule has 3 N–H and O–H groups in total. The lowest BCUT2D eigenvalue weighted by Crippen LogP contribution is -2.37. The predicted molar refractivity (Wildman–Crippen MR) is 78.2 cm³/mol. The van der Waals surface area contributed by atoms with Crippen molar-refractivity contribution in [1.82, 2.24) is 10.6 Å². The van der Waals surface area contributed by atoms with Gasteiger partial charge in [0.2, 0.25) is 0 Å². The van der Waals surface area contributed by atoms with Gasteiger partial charge in [-0.1, -0.05) is 18.2 Å². The molecule has 0 aliphatic heterocycles. The first kappa shape index (κ1) is 14.9. The molecule has 0 spiro atoms. The number of carbonyl (C=O) groups excluding carboxylic acids is 1. The fourth-order valence-corrected chi connectivity index (χ4v) is 1.96. The minimum atomic E-state index is -0.859. The molecule has 0 aliphatic carbocycles.